The van der Waals surface area contributed by atoms with Crippen LogP contribution < -0.4 is 19.1 Å². The highest BCUT2D eigenvalue weighted by Crippen LogP contribution is 2.35. The molecule has 1 heterocycles. The molecule has 1 atom stereocenters. The van der Waals surface area contributed by atoms with Gasteiger partial charge in [0.25, 0.3) is 0 Å². The van der Waals surface area contributed by atoms with Gasteiger partial charge < -0.3 is 19.7 Å². The van der Waals surface area contributed by atoms with Crippen LogP contribution in [0.25, 0.3) is 0 Å². The Morgan fingerprint density at radius 2 is 1.76 bits per heavy atom. The van der Waals surface area contributed by atoms with E-state index in [4.69, 9.17) is 9.47 Å². The Hall–Kier alpha value is -3.27. The maximum Gasteiger partial charge on any atom is 0.244 e. The van der Waals surface area contributed by atoms with Crippen LogP contribution in [0.5, 0.6) is 11.5 Å². The summed E-state index contributed by atoms with van der Waals surface area (Å²) in [5, 5.41) is 2.88. The molecule has 3 rings (SSSR count). The highest BCUT2D eigenvalue weighted by Gasteiger charge is 2.32. The van der Waals surface area contributed by atoms with Crippen LogP contribution in [0.2, 0.25) is 0 Å². The number of hydrogen-bond donors (Lipinski definition) is 1. The molecule has 2 aromatic carbocycles. The number of hydrogen-bond acceptors (Lipinski definition) is 6. The molecule has 1 aliphatic rings. The van der Waals surface area contributed by atoms with Crippen molar-refractivity contribution in [1.29, 1.82) is 0 Å². The number of anilines is 1. The molecule has 0 aromatic heterocycles. The van der Waals surface area contributed by atoms with Crippen LogP contribution >= 0.6 is 0 Å². The predicted octanol–water partition coefficient (Wildman–Crippen LogP) is 3.26. The monoisotopic (exact) mass is 531 g/mol. The van der Waals surface area contributed by atoms with Gasteiger partial charge in [-0.25, -0.2) is 8.42 Å². The molecule has 2 aromatic rings. The summed E-state index contributed by atoms with van der Waals surface area (Å²) in [4.78, 5) is 28.4. The Kier molecular flexibility index (Phi) is 9.79. The molecule has 0 saturated carbocycles. The van der Waals surface area contributed by atoms with E-state index >= 15 is 0 Å². The van der Waals surface area contributed by atoms with E-state index in [1.165, 1.54) is 11.8 Å². The van der Waals surface area contributed by atoms with Gasteiger partial charge in [0.2, 0.25) is 21.8 Å². The van der Waals surface area contributed by atoms with Gasteiger partial charge in [-0.05, 0) is 44.4 Å². The van der Waals surface area contributed by atoms with E-state index in [9.17, 15) is 18.0 Å². The van der Waals surface area contributed by atoms with Gasteiger partial charge in [-0.15, -0.1) is 0 Å². The molecule has 9 nitrogen and oxygen atoms in total. The van der Waals surface area contributed by atoms with E-state index < -0.39 is 28.5 Å². The molecule has 202 valence electrons. The SMILES string of the molecule is CCCNC(=O)C(CC)N(Cc1cccc(C)c1)C(=O)CN(c1ccc2c(c1)OCCO2)S(=O)(=O)CC. The van der Waals surface area contributed by atoms with Crippen molar-refractivity contribution in [2.45, 2.75) is 53.1 Å². The lowest BCUT2D eigenvalue weighted by Crippen LogP contribution is -2.52. The minimum absolute atomic E-state index is 0.180. The van der Waals surface area contributed by atoms with Crippen molar-refractivity contribution in [3.8, 4) is 11.5 Å². The number of carbonyl (C=O) groups excluding carboxylic acids is 2. The molecule has 37 heavy (non-hydrogen) atoms. The van der Waals surface area contributed by atoms with E-state index in [0.29, 0.717) is 43.4 Å². The highest BCUT2D eigenvalue weighted by atomic mass is 32.2. The molecular formula is C27H37N3O6S. The highest BCUT2D eigenvalue weighted by molar-refractivity contribution is 7.92. The average Bonchev–Trinajstić information content (AvgIpc) is 2.89. The van der Waals surface area contributed by atoms with Crippen molar-refractivity contribution >= 4 is 27.5 Å². The molecule has 1 unspecified atom stereocenters. The quantitative estimate of drug-likeness (QED) is 0.451. The van der Waals surface area contributed by atoms with Gasteiger partial charge in [0.05, 0.1) is 11.4 Å². The number of benzene rings is 2. The number of ether oxygens (including phenoxy) is 2. The van der Waals surface area contributed by atoms with Gasteiger partial charge in [0, 0.05) is 19.2 Å². The third kappa shape index (κ3) is 7.15. The second-order valence-electron chi connectivity index (χ2n) is 8.96. The van der Waals surface area contributed by atoms with Crippen molar-refractivity contribution in [2.75, 3.05) is 36.4 Å². The molecule has 2 amide bonds. The van der Waals surface area contributed by atoms with Gasteiger partial charge in [0.1, 0.15) is 25.8 Å². The van der Waals surface area contributed by atoms with E-state index in [1.54, 1.807) is 18.2 Å². The zero-order valence-corrected chi connectivity index (χ0v) is 22.8. The normalized spacial score (nSPS) is 13.5. The first-order chi connectivity index (χ1) is 17.7. The van der Waals surface area contributed by atoms with Crippen LogP contribution in [0.15, 0.2) is 42.5 Å². The van der Waals surface area contributed by atoms with Crippen molar-refractivity contribution in [2.24, 2.45) is 0 Å². The summed E-state index contributed by atoms with van der Waals surface area (Å²) in [6.45, 7) is 8.28. The molecule has 1 aliphatic heterocycles. The number of nitrogens with one attached hydrogen (secondary N) is 1. The molecular weight excluding hydrogens is 494 g/mol. The zero-order chi connectivity index (χ0) is 27.0. The standard InChI is InChI=1S/C27H37N3O6S/c1-5-13-28-27(32)23(6-2)29(18-21-10-8-9-20(4)16-21)26(31)19-30(37(33,34)7-3)22-11-12-24-25(17-22)36-15-14-35-24/h8-12,16-17,23H,5-7,13-15,18-19H2,1-4H3,(H,28,32). The minimum Gasteiger partial charge on any atom is -0.486 e. The summed E-state index contributed by atoms with van der Waals surface area (Å²) in [6, 6.07) is 11.8. The number of fused-ring (bicyclic) bond motifs is 1. The van der Waals surface area contributed by atoms with Gasteiger partial charge >= 0.3 is 0 Å². The number of amides is 2. The van der Waals surface area contributed by atoms with Gasteiger partial charge in [-0.3, -0.25) is 13.9 Å². The average molecular weight is 532 g/mol. The fourth-order valence-corrected chi connectivity index (χ4v) is 5.25. The van der Waals surface area contributed by atoms with Crippen molar-refractivity contribution in [3.63, 3.8) is 0 Å². The Bertz CT molecular complexity index is 1200. The molecule has 0 bridgehead atoms. The number of nitrogens with zero attached hydrogens (tertiary/aromatic N) is 2. The third-order valence-corrected chi connectivity index (χ3v) is 7.90. The second kappa shape index (κ2) is 12.8. The lowest BCUT2D eigenvalue weighted by Gasteiger charge is -2.33. The first-order valence-corrected chi connectivity index (χ1v) is 14.3. The van der Waals surface area contributed by atoms with Crippen LogP contribution in [-0.4, -0.2) is 63.2 Å². The molecule has 0 aliphatic carbocycles. The first kappa shape index (κ1) is 28.3. The topological polar surface area (TPSA) is 105 Å². The van der Waals surface area contributed by atoms with E-state index in [-0.39, 0.29) is 18.2 Å². The molecule has 0 fully saturated rings. The molecule has 0 spiro atoms. The van der Waals surface area contributed by atoms with E-state index in [0.717, 1.165) is 21.9 Å². The van der Waals surface area contributed by atoms with E-state index in [2.05, 4.69) is 5.32 Å². The third-order valence-electron chi connectivity index (χ3n) is 6.16. The number of rotatable bonds is 12. The first-order valence-electron chi connectivity index (χ1n) is 12.7. The molecule has 0 saturated heterocycles. The largest absolute Gasteiger partial charge is 0.486 e. The van der Waals surface area contributed by atoms with Crippen molar-refractivity contribution in [3.05, 3.63) is 53.6 Å². The minimum atomic E-state index is -3.83. The Morgan fingerprint density at radius 3 is 2.41 bits per heavy atom. The molecule has 0 radical (unpaired) electrons. The maximum absolute atomic E-state index is 13.8. The summed E-state index contributed by atoms with van der Waals surface area (Å²) in [7, 11) is -3.83. The summed E-state index contributed by atoms with van der Waals surface area (Å²) in [5.74, 6) is 0.0340. The van der Waals surface area contributed by atoms with Crippen LogP contribution in [0, 0.1) is 6.92 Å². The summed E-state index contributed by atoms with van der Waals surface area (Å²) in [5.41, 5.74) is 2.19. The van der Waals surface area contributed by atoms with Crippen LogP contribution in [-0.2, 0) is 26.2 Å². The zero-order valence-electron chi connectivity index (χ0n) is 22.0. The number of aryl methyl sites for hydroxylation is 1. The fraction of sp³-hybridized carbons (Fsp3) is 0.481. The Balaban J connectivity index is 1.97. The Morgan fingerprint density at radius 1 is 1.03 bits per heavy atom. The fourth-order valence-electron chi connectivity index (χ4n) is 4.20. The predicted molar refractivity (Wildman–Crippen MR) is 143 cm³/mol. The van der Waals surface area contributed by atoms with E-state index in [1.807, 2.05) is 45.0 Å². The lowest BCUT2D eigenvalue weighted by atomic mass is 10.1. The van der Waals surface area contributed by atoms with Crippen LogP contribution in [0.3, 0.4) is 0 Å². The second-order valence-corrected chi connectivity index (χ2v) is 11.1. The van der Waals surface area contributed by atoms with Gasteiger partial charge in [-0.1, -0.05) is 43.7 Å². The van der Waals surface area contributed by atoms with Crippen LogP contribution in [0.4, 0.5) is 5.69 Å². The van der Waals surface area contributed by atoms with Crippen molar-refractivity contribution < 1.29 is 27.5 Å². The Labute approximate surface area is 219 Å². The molecule has 1 N–H and O–H groups in total. The number of carbonyl (C=O) groups is 2. The van der Waals surface area contributed by atoms with Gasteiger partial charge in [0.15, 0.2) is 11.5 Å². The summed E-state index contributed by atoms with van der Waals surface area (Å²) in [6.07, 6.45) is 1.15. The van der Waals surface area contributed by atoms with Crippen molar-refractivity contribution in [1.82, 2.24) is 10.2 Å². The van der Waals surface area contributed by atoms with Crippen LogP contribution in [0.1, 0.15) is 44.7 Å². The lowest BCUT2D eigenvalue weighted by molar-refractivity contribution is -0.140. The number of sulfonamides is 1. The maximum atomic E-state index is 13.8. The summed E-state index contributed by atoms with van der Waals surface area (Å²) < 4.78 is 38.6. The summed E-state index contributed by atoms with van der Waals surface area (Å²) >= 11 is 0. The van der Waals surface area contributed by atoms with Gasteiger partial charge in [-0.2, -0.15) is 0 Å². The molecule has 10 heteroatoms. The smallest absolute Gasteiger partial charge is 0.244 e.